The first-order valence-corrected chi connectivity index (χ1v) is 8.99. The van der Waals surface area contributed by atoms with Gasteiger partial charge in [-0.2, -0.15) is 5.10 Å². The number of hydrazone groups is 1. The van der Waals surface area contributed by atoms with Crippen molar-refractivity contribution in [2.24, 2.45) is 5.10 Å². The second kappa shape index (κ2) is 5.53. The predicted octanol–water partition coefficient (Wildman–Crippen LogP) is 5.12. The van der Waals surface area contributed by atoms with Crippen molar-refractivity contribution in [3.63, 3.8) is 0 Å². The first-order chi connectivity index (χ1) is 11.5. The molecule has 1 aromatic heterocycles. The molecule has 4 nitrogen and oxygen atoms in total. The molecule has 4 rings (SSSR count). The van der Waals surface area contributed by atoms with Crippen LogP contribution in [0.25, 0.3) is 0 Å². The summed E-state index contributed by atoms with van der Waals surface area (Å²) in [7, 11) is 0. The summed E-state index contributed by atoms with van der Waals surface area (Å²) in [5.41, 5.74) is 1.21. The molecule has 0 radical (unpaired) electrons. The summed E-state index contributed by atoms with van der Waals surface area (Å²) in [4.78, 5) is 1.15. The quantitative estimate of drug-likeness (QED) is 0.756. The smallest absolute Gasteiger partial charge is 0.218 e. The minimum absolute atomic E-state index is 0.0325. The highest BCUT2D eigenvalue weighted by Gasteiger charge is 2.47. The maximum Gasteiger partial charge on any atom is 0.218 e. The van der Waals surface area contributed by atoms with Crippen LogP contribution in [0.2, 0.25) is 5.02 Å². The van der Waals surface area contributed by atoms with E-state index in [1.54, 1.807) is 24.3 Å². The third kappa shape index (κ3) is 2.48. The van der Waals surface area contributed by atoms with Crippen molar-refractivity contribution in [3.8, 4) is 5.75 Å². The average Bonchev–Trinajstić information content (AvgIpc) is 3.16. The molecule has 0 amide bonds. The lowest BCUT2D eigenvalue weighted by molar-refractivity contribution is -0.0697. The lowest BCUT2D eigenvalue weighted by Gasteiger charge is -2.44. The van der Waals surface area contributed by atoms with Crippen molar-refractivity contribution in [2.75, 3.05) is 0 Å². The number of nitrogens with zero attached hydrogens (tertiary/aromatic N) is 2. The molecular weight excluding hydrogens is 344 g/mol. The Morgan fingerprint density at radius 1 is 1.50 bits per heavy atom. The minimum atomic E-state index is -0.844. The van der Waals surface area contributed by atoms with Crippen LogP contribution in [0.5, 0.6) is 5.75 Å². The van der Waals surface area contributed by atoms with Crippen molar-refractivity contribution in [1.82, 2.24) is 5.01 Å². The van der Waals surface area contributed by atoms with Gasteiger partial charge in [0.05, 0.1) is 22.4 Å². The van der Waals surface area contributed by atoms with E-state index in [0.29, 0.717) is 5.02 Å². The molecule has 2 aliphatic rings. The molecule has 0 saturated heterocycles. The Morgan fingerprint density at radius 2 is 2.33 bits per heavy atom. The van der Waals surface area contributed by atoms with Gasteiger partial charge in [0.25, 0.3) is 0 Å². The number of aliphatic hydroxyl groups is 1. The average molecular weight is 361 g/mol. The molecule has 6 heteroatoms. The van der Waals surface area contributed by atoms with Gasteiger partial charge in [-0.25, -0.2) is 5.01 Å². The fourth-order valence-electron chi connectivity index (χ4n) is 3.38. The van der Waals surface area contributed by atoms with E-state index in [0.717, 1.165) is 28.3 Å². The van der Waals surface area contributed by atoms with E-state index >= 15 is 0 Å². The SMILES string of the molecule is CC(O)=CC1(C)Oc2ccc(Cl)cc2C2CC(c3cccs3)=NN21. The monoisotopic (exact) mass is 360 g/mol. The Bertz CT molecular complexity index is 843. The fraction of sp³-hybridized carbons (Fsp3) is 0.278. The molecule has 2 aliphatic heterocycles. The van der Waals surface area contributed by atoms with Crippen LogP contribution in [-0.2, 0) is 0 Å². The van der Waals surface area contributed by atoms with Gasteiger partial charge in [-0.3, -0.25) is 0 Å². The molecule has 0 spiro atoms. The summed E-state index contributed by atoms with van der Waals surface area (Å²) < 4.78 is 6.19. The summed E-state index contributed by atoms with van der Waals surface area (Å²) in [5.74, 6) is 0.983. The van der Waals surface area contributed by atoms with Gasteiger partial charge in [0.15, 0.2) is 0 Å². The number of benzene rings is 1. The van der Waals surface area contributed by atoms with Crippen LogP contribution in [0.4, 0.5) is 0 Å². The molecule has 0 aliphatic carbocycles. The molecule has 0 fully saturated rings. The summed E-state index contributed by atoms with van der Waals surface area (Å²) in [6.45, 7) is 3.55. The molecule has 2 unspecified atom stereocenters. The number of fused-ring (bicyclic) bond motifs is 3. The van der Waals surface area contributed by atoms with Crippen molar-refractivity contribution >= 4 is 28.6 Å². The number of thiophene rings is 1. The molecule has 3 heterocycles. The van der Waals surface area contributed by atoms with Gasteiger partial charge in [-0.1, -0.05) is 17.7 Å². The zero-order valence-corrected chi connectivity index (χ0v) is 14.9. The minimum Gasteiger partial charge on any atom is -0.513 e. The van der Waals surface area contributed by atoms with Crippen LogP contribution >= 0.6 is 22.9 Å². The van der Waals surface area contributed by atoms with Gasteiger partial charge < -0.3 is 9.84 Å². The molecule has 2 aromatic rings. The highest BCUT2D eigenvalue weighted by atomic mass is 35.5. The Hall–Kier alpha value is -1.98. The van der Waals surface area contributed by atoms with E-state index in [1.165, 1.54) is 0 Å². The van der Waals surface area contributed by atoms with Crippen molar-refractivity contribution < 1.29 is 9.84 Å². The van der Waals surface area contributed by atoms with Crippen molar-refractivity contribution in [1.29, 1.82) is 0 Å². The van der Waals surface area contributed by atoms with E-state index in [-0.39, 0.29) is 11.8 Å². The number of halogens is 1. The van der Waals surface area contributed by atoms with Crippen LogP contribution in [-0.4, -0.2) is 21.6 Å². The number of hydrogen-bond donors (Lipinski definition) is 1. The Balaban J connectivity index is 1.84. The van der Waals surface area contributed by atoms with Crippen LogP contribution in [0.1, 0.15) is 36.8 Å². The Kier molecular flexibility index (Phi) is 3.58. The van der Waals surface area contributed by atoms with E-state index in [1.807, 2.05) is 41.6 Å². The van der Waals surface area contributed by atoms with Crippen LogP contribution in [0.3, 0.4) is 0 Å². The second-order valence-corrected chi connectivity index (χ2v) is 7.60. The third-order valence-electron chi connectivity index (χ3n) is 4.29. The van der Waals surface area contributed by atoms with E-state index < -0.39 is 5.72 Å². The van der Waals surface area contributed by atoms with Gasteiger partial charge in [-0.15, -0.1) is 11.3 Å². The van der Waals surface area contributed by atoms with Gasteiger partial charge in [0, 0.05) is 30.0 Å². The molecule has 0 saturated carbocycles. The fourth-order valence-corrected chi connectivity index (χ4v) is 4.28. The van der Waals surface area contributed by atoms with Crippen LogP contribution < -0.4 is 4.74 Å². The van der Waals surface area contributed by atoms with Gasteiger partial charge in [0.1, 0.15) is 5.75 Å². The molecule has 0 bridgehead atoms. The maximum absolute atomic E-state index is 9.82. The van der Waals surface area contributed by atoms with Gasteiger partial charge >= 0.3 is 0 Å². The van der Waals surface area contributed by atoms with Crippen molar-refractivity contribution in [2.45, 2.75) is 32.0 Å². The van der Waals surface area contributed by atoms with Gasteiger partial charge in [-0.05, 0) is 36.6 Å². The number of allylic oxidation sites excluding steroid dienone is 1. The van der Waals surface area contributed by atoms with E-state index in [2.05, 4.69) is 6.07 Å². The zero-order chi connectivity index (χ0) is 16.9. The summed E-state index contributed by atoms with van der Waals surface area (Å²) >= 11 is 7.87. The molecule has 124 valence electrons. The highest BCUT2D eigenvalue weighted by Crippen LogP contribution is 2.48. The van der Waals surface area contributed by atoms with Crippen LogP contribution in [0.15, 0.2) is 52.6 Å². The molecule has 1 aromatic carbocycles. The van der Waals surface area contributed by atoms with Crippen LogP contribution in [0, 0.1) is 0 Å². The Morgan fingerprint density at radius 3 is 3.04 bits per heavy atom. The second-order valence-electron chi connectivity index (χ2n) is 6.21. The normalized spacial score (nSPS) is 25.8. The number of rotatable bonds is 2. The topological polar surface area (TPSA) is 45.1 Å². The van der Waals surface area contributed by atoms with E-state index in [4.69, 9.17) is 21.4 Å². The number of ether oxygens (including phenoxy) is 1. The molecule has 1 N–H and O–H groups in total. The lowest BCUT2D eigenvalue weighted by atomic mass is 9.96. The van der Waals surface area contributed by atoms with Crippen molar-refractivity contribution in [3.05, 3.63) is 63.0 Å². The first-order valence-electron chi connectivity index (χ1n) is 7.74. The largest absolute Gasteiger partial charge is 0.513 e. The summed E-state index contributed by atoms with van der Waals surface area (Å²) in [6, 6.07) is 9.78. The number of hydrogen-bond acceptors (Lipinski definition) is 5. The zero-order valence-electron chi connectivity index (χ0n) is 13.4. The van der Waals surface area contributed by atoms with Gasteiger partial charge in [0.2, 0.25) is 5.72 Å². The highest BCUT2D eigenvalue weighted by molar-refractivity contribution is 7.12. The Labute approximate surface area is 149 Å². The summed E-state index contributed by atoms with van der Waals surface area (Å²) in [6.07, 6.45) is 2.48. The first kappa shape index (κ1) is 15.5. The maximum atomic E-state index is 9.82. The molecular formula is C18H17ClN2O2S. The third-order valence-corrected chi connectivity index (χ3v) is 5.45. The lowest BCUT2D eigenvalue weighted by Crippen LogP contribution is -2.50. The summed E-state index contributed by atoms with van der Waals surface area (Å²) in [5, 5.41) is 19.3. The number of aliphatic hydroxyl groups excluding tert-OH is 1. The predicted molar refractivity (Wildman–Crippen MR) is 96.9 cm³/mol. The molecule has 24 heavy (non-hydrogen) atoms. The molecule has 2 atom stereocenters. The standard InChI is InChI=1S/C18H17ClN2O2S/c1-11(22)10-18(2)21-15(9-14(20-21)17-4-3-7-24-17)13-8-12(19)5-6-16(13)23-18/h3-8,10,15,22H,9H2,1-2H3. The van der Waals surface area contributed by atoms with E-state index in [9.17, 15) is 5.11 Å².